The molecule has 0 aliphatic carbocycles. The molecule has 0 bridgehead atoms. The van der Waals surface area contributed by atoms with Crippen molar-refractivity contribution >= 4 is 17.5 Å². The molecule has 1 N–H and O–H groups in total. The van der Waals surface area contributed by atoms with E-state index in [0.29, 0.717) is 26.3 Å². The molecule has 5 heteroatoms. The topological polar surface area (TPSA) is 41.6 Å². The molecule has 1 aromatic carbocycles. The van der Waals surface area contributed by atoms with Crippen LogP contribution in [-0.2, 0) is 9.53 Å². The summed E-state index contributed by atoms with van der Waals surface area (Å²) in [5.74, 6) is 0.118. The zero-order chi connectivity index (χ0) is 14.5. The zero-order valence-electron chi connectivity index (χ0n) is 11.9. The van der Waals surface area contributed by atoms with Crippen molar-refractivity contribution in [3.05, 3.63) is 34.9 Å². The Labute approximate surface area is 125 Å². The summed E-state index contributed by atoms with van der Waals surface area (Å²) in [7, 11) is 0. The largest absolute Gasteiger partial charge is 0.378 e. The van der Waals surface area contributed by atoms with Crippen molar-refractivity contribution in [2.24, 2.45) is 0 Å². The van der Waals surface area contributed by atoms with Crippen molar-refractivity contribution in [2.45, 2.75) is 25.9 Å². The first-order valence-corrected chi connectivity index (χ1v) is 7.34. The average Bonchev–Trinajstić information content (AvgIpc) is 2.47. The minimum atomic E-state index is -0.237. The lowest BCUT2D eigenvalue weighted by Gasteiger charge is -2.30. The van der Waals surface area contributed by atoms with Crippen LogP contribution < -0.4 is 5.32 Å². The molecule has 20 heavy (non-hydrogen) atoms. The fraction of sp³-hybridized carbons (Fsp3) is 0.533. The van der Waals surface area contributed by atoms with Gasteiger partial charge in [-0.05, 0) is 25.5 Å². The predicted octanol–water partition coefficient (Wildman–Crippen LogP) is 2.24. The summed E-state index contributed by atoms with van der Waals surface area (Å²) in [6.45, 7) is 6.50. The number of benzene rings is 1. The first-order valence-electron chi connectivity index (χ1n) is 6.96. The van der Waals surface area contributed by atoms with E-state index in [1.54, 1.807) is 0 Å². The number of nitrogens with one attached hydrogen (secondary N) is 1. The molecule has 1 fully saturated rings. The van der Waals surface area contributed by atoms with E-state index in [1.165, 1.54) is 0 Å². The predicted molar refractivity (Wildman–Crippen MR) is 79.9 cm³/mol. The van der Waals surface area contributed by atoms with E-state index in [4.69, 9.17) is 16.3 Å². The van der Waals surface area contributed by atoms with E-state index in [0.717, 1.165) is 10.6 Å². The SMILES string of the molecule is CC(N[C@H](C)c1ccccc1Cl)C(=O)N1CCOCC1. The minimum absolute atomic E-state index is 0.0312. The number of halogens is 1. The van der Waals surface area contributed by atoms with E-state index in [-0.39, 0.29) is 18.0 Å². The van der Waals surface area contributed by atoms with Gasteiger partial charge in [0.1, 0.15) is 0 Å². The maximum atomic E-state index is 12.3. The van der Waals surface area contributed by atoms with Crippen LogP contribution in [0.2, 0.25) is 5.02 Å². The lowest BCUT2D eigenvalue weighted by atomic mass is 10.1. The fourth-order valence-electron chi connectivity index (χ4n) is 2.42. The lowest BCUT2D eigenvalue weighted by molar-refractivity contribution is -0.137. The number of carbonyl (C=O) groups excluding carboxylic acids is 1. The summed E-state index contributed by atoms with van der Waals surface area (Å²) in [6, 6.07) is 7.49. The Bertz CT molecular complexity index is 461. The molecule has 1 unspecified atom stereocenters. The van der Waals surface area contributed by atoms with Crippen molar-refractivity contribution in [1.82, 2.24) is 10.2 Å². The van der Waals surface area contributed by atoms with Crippen LogP contribution in [0.3, 0.4) is 0 Å². The van der Waals surface area contributed by atoms with Gasteiger partial charge in [-0.2, -0.15) is 0 Å². The Morgan fingerprint density at radius 1 is 1.30 bits per heavy atom. The number of nitrogens with zero attached hydrogens (tertiary/aromatic N) is 1. The van der Waals surface area contributed by atoms with Gasteiger partial charge in [0.25, 0.3) is 0 Å². The molecule has 1 aliphatic heterocycles. The van der Waals surface area contributed by atoms with E-state index >= 15 is 0 Å². The van der Waals surface area contributed by atoms with Crippen LogP contribution in [-0.4, -0.2) is 43.2 Å². The Kier molecular flexibility index (Phi) is 5.40. The van der Waals surface area contributed by atoms with E-state index in [2.05, 4.69) is 5.32 Å². The van der Waals surface area contributed by atoms with E-state index in [1.807, 2.05) is 43.0 Å². The highest BCUT2D eigenvalue weighted by molar-refractivity contribution is 6.31. The maximum absolute atomic E-state index is 12.3. The second-order valence-corrected chi connectivity index (χ2v) is 5.48. The van der Waals surface area contributed by atoms with Crippen LogP contribution in [0.1, 0.15) is 25.5 Å². The molecule has 1 saturated heterocycles. The molecule has 4 nitrogen and oxygen atoms in total. The highest BCUT2D eigenvalue weighted by atomic mass is 35.5. The molecule has 0 saturated carbocycles. The van der Waals surface area contributed by atoms with Crippen LogP contribution in [0, 0.1) is 0 Å². The maximum Gasteiger partial charge on any atom is 0.239 e. The van der Waals surface area contributed by atoms with E-state index < -0.39 is 0 Å². The first-order chi connectivity index (χ1) is 9.59. The summed E-state index contributed by atoms with van der Waals surface area (Å²) in [4.78, 5) is 14.2. The first kappa shape index (κ1) is 15.3. The second kappa shape index (κ2) is 7.07. The van der Waals surface area contributed by atoms with Gasteiger partial charge in [-0.15, -0.1) is 0 Å². The number of morpholine rings is 1. The van der Waals surface area contributed by atoms with Gasteiger partial charge in [-0.25, -0.2) is 0 Å². The molecular weight excluding hydrogens is 276 g/mol. The van der Waals surface area contributed by atoms with Gasteiger partial charge in [-0.3, -0.25) is 10.1 Å². The van der Waals surface area contributed by atoms with Crippen LogP contribution in [0.5, 0.6) is 0 Å². The number of rotatable bonds is 4. The fourth-order valence-corrected chi connectivity index (χ4v) is 2.72. The van der Waals surface area contributed by atoms with Gasteiger partial charge >= 0.3 is 0 Å². The third-order valence-electron chi connectivity index (χ3n) is 3.56. The Balaban J connectivity index is 1.95. The third-order valence-corrected chi connectivity index (χ3v) is 3.91. The van der Waals surface area contributed by atoms with Gasteiger partial charge in [0.05, 0.1) is 19.3 Å². The number of amides is 1. The number of hydrogen-bond acceptors (Lipinski definition) is 3. The molecule has 0 aromatic heterocycles. The lowest BCUT2D eigenvalue weighted by Crippen LogP contribution is -2.49. The molecule has 1 heterocycles. The van der Waals surface area contributed by atoms with Crippen molar-refractivity contribution in [3.63, 3.8) is 0 Å². The monoisotopic (exact) mass is 296 g/mol. The molecular formula is C15H21ClN2O2. The minimum Gasteiger partial charge on any atom is -0.378 e. The second-order valence-electron chi connectivity index (χ2n) is 5.07. The summed E-state index contributed by atoms with van der Waals surface area (Å²) >= 11 is 6.18. The summed E-state index contributed by atoms with van der Waals surface area (Å²) in [5, 5.41) is 4.04. The molecule has 0 radical (unpaired) electrons. The van der Waals surface area contributed by atoms with Crippen LogP contribution in [0.15, 0.2) is 24.3 Å². The molecule has 2 rings (SSSR count). The van der Waals surface area contributed by atoms with Crippen molar-refractivity contribution in [1.29, 1.82) is 0 Å². The Morgan fingerprint density at radius 3 is 2.60 bits per heavy atom. The average molecular weight is 297 g/mol. The zero-order valence-corrected chi connectivity index (χ0v) is 12.7. The summed E-state index contributed by atoms with van der Waals surface area (Å²) < 4.78 is 5.26. The van der Waals surface area contributed by atoms with Gasteiger partial charge in [0.2, 0.25) is 5.91 Å². The summed E-state index contributed by atoms with van der Waals surface area (Å²) in [6.07, 6.45) is 0. The van der Waals surface area contributed by atoms with Crippen LogP contribution in [0.25, 0.3) is 0 Å². The molecule has 1 aliphatic rings. The standard InChI is InChI=1S/C15H21ClN2O2/c1-11(13-5-3-4-6-14(13)16)17-12(2)15(19)18-7-9-20-10-8-18/h3-6,11-12,17H,7-10H2,1-2H3/t11-,12?/m1/s1. The van der Waals surface area contributed by atoms with Crippen molar-refractivity contribution < 1.29 is 9.53 Å². The van der Waals surface area contributed by atoms with Gasteiger partial charge < -0.3 is 9.64 Å². The molecule has 1 amide bonds. The molecule has 0 spiro atoms. The number of ether oxygens (including phenoxy) is 1. The van der Waals surface area contributed by atoms with Gasteiger partial charge in [0, 0.05) is 24.2 Å². The molecule has 110 valence electrons. The molecule has 2 atom stereocenters. The summed E-state index contributed by atoms with van der Waals surface area (Å²) in [5.41, 5.74) is 1.01. The Hall–Kier alpha value is -1.10. The van der Waals surface area contributed by atoms with Crippen molar-refractivity contribution in [3.8, 4) is 0 Å². The highest BCUT2D eigenvalue weighted by Gasteiger charge is 2.24. The number of carbonyl (C=O) groups is 1. The third kappa shape index (κ3) is 3.72. The molecule has 1 aromatic rings. The number of hydrogen-bond donors (Lipinski definition) is 1. The normalized spacial score (nSPS) is 18.6. The van der Waals surface area contributed by atoms with E-state index in [9.17, 15) is 4.79 Å². The highest BCUT2D eigenvalue weighted by Crippen LogP contribution is 2.22. The van der Waals surface area contributed by atoms with Crippen LogP contribution in [0.4, 0.5) is 0 Å². The Morgan fingerprint density at radius 2 is 1.95 bits per heavy atom. The van der Waals surface area contributed by atoms with Crippen LogP contribution >= 0.6 is 11.6 Å². The van der Waals surface area contributed by atoms with Gasteiger partial charge in [-0.1, -0.05) is 29.8 Å². The van der Waals surface area contributed by atoms with Crippen molar-refractivity contribution in [2.75, 3.05) is 26.3 Å². The smallest absolute Gasteiger partial charge is 0.239 e. The quantitative estimate of drug-likeness (QED) is 0.926. The van der Waals surface area contributed by atoms with Gasteiger partial charge in [0.15, 0.2) is 0 Å².